The summed E-state index contributed by atoms with van der Waals surface area (Å²) in [7, 11) is 1.16. The smallest absolute Gasteiger partial charge is 0.309 e. The Labute approximate surface area is 106 Å². The molecule has 0 bridgehead atoms. The Morgan fingerprint density at radius 1 is 2.07 bits per heavy atom. The number of ether oxygens (including phenoxy) is 1. The van der Waals surface area contributed by atoms with Gasteiger partial charge in [0.15, 0.2) is 0 Å². The van der Waals surface area contributed by atoms with E-state index in [4.69, 9.17) is 16.4 Å². The van der Waals surface area contributed by atoms with E-state index < -0.39 is 55.9 Å². The predicted octanol–water partition coefficient (Wildman–Crippen LogP) is 1.16. The Balaban J connectivity index is 2.90. The van der Waals surface area contributed by atoms with Gasteiger partial charge in [-0.1, -0.05) is 6.85 Å². The standard InChI is InChI=1S/C11H16N2O2/c1-3-10-8(6-15-11(10)14)4-9-5-12-7-13(9)2/h5,7-8,10H,3-4,6H2,1-2H3/t8-,10-/m0/s1/i1D3,3D2,4D2,6D2,7D,8D,10D. The zero-order valence-corrected chi connectivity index (χ0v) is 7.79. The van der Waals surface area contributed by atoms with Gasteiger partial charge in [0, 0.05) is 37.2 Å². The number of hydrogen-bond donors (Lipinski definition) is 0. The summed E-state index contributed by atoms with van der Waals surface area (Å²) in [6, 6.07) is 0. The molecule has 0 aliphatic carbocycles. The maximum atomic E-state index is 12.3. The lowest BCUT2D eigenvalue weighted by Crippen LogP contribution is -2.18. The Morgan fingerprint density at radius 3 is 3.60 bits per heavy atom. The second-order valence-corrected chi connectivity index (χ2v) is 2.79. The number of carbonyl (C=O) groups excluding carboxylic acids is 1. The number of cyclic esters (lactones) is 1. The highest BCUT2D eigenvalue weighted by atomic mass is 16.5. The molecule has 1 fully saturated rings. The van der Waals surface area contributed by atoms with Gasteiger partial charge in [0.2, 0.25) is 0 Å². The van der Waals surface area contributed by atoms with Crippen LogP contribution >= 0.6 is 0 Å². The van der Waals surface area contributed by atoms with E-state index in [-0.39, 0.29) is 0 Å². The molecule has 15 heavy (non-hydrogen) atoms. The molecular formula is C11H16N2O2. The number of aromatic nitrogens is 2. The van der Waals surface area contributed by atoms with E-state index >= 15 is 0 Å². The summed E-state index contributed by atoms with van der Waals surface area (Å²) in [6.45, 7) is -7.25. The molecule has 0 radical (unpaired) electrons. The van der Waals surface area contributed by atoms with Crippen molar-refractivity contribution in [3.63, 3.8) is 0 Å². The van der Waals surface area contributed by atoms with Crippen molar-refractivity contribution in [3.8, 4) is 0 Å². The van der Waals surface area contributed by atoms with Gasteiger partial charge in [-0.25, -0.2) is 4.98 Å². The molecule has 2 heterocycles. The van der Waals surface area contributed by atoms with E-state index in [1.165, 1.54) is 0 Å². The second kappa shape index (κ2) is 4.04. The molecule has 2 atom stereocenters. The first-order valence-electron chi connectivity index (χ1n) is 10.0. The van der Waals surface area contributed by atoms with Gasteiger partial charge < -0.3 is 9.30 Å². The maximum Gasteiger partial charge on any atom is 0.309 e. The van der Waals surface area contributed by atoms with E-state index in [0.29, 0.717) is 0 Å². The third kappa shape index (κ3) is 1.89. The van der Waals surface area contributed by atoms with Gasteiger partial charge in [-0.15, -0.1) is 0 Å². The summed E-state index contributed by atoms with van der Waals surface area (Å²) < 4.78 is 99.4. The molecule has 82 valence electrons. The van der Waals surface area contributed by atoms with Crippen LogP contribution in [0.25, 0.3) is 0 Å². The van der Waals surface area contributed by atoms with Crippen LogP contribution in [-0.2, 0) is 23.0 Å². The summed E-state index contributed by atoms with van der Waals surface area (Å²) in [5.41, 5.74) is -0.623. The minimum Gasteiger partial charge on any atom is -0.465 e. The summed E-state index contributed by atoms with van der Waals surface area (Å²) in [6.07, 6.45) is -6.93. The van der Waals surface area contributed by atoms with Crippen LogP contribution in [0.3, 0.4) is 0 Å². The molecule has 0 saturated carbocycles. The average Bonchev–Trinajstić information content (AvgIpc) is 2.89. The lowest BCUT2D eigenvalue weighted by molar-refractivity contribution is -0.141. The van der Waals surface area contributed by atoms with E-state index in [0.717, 1.165) is 17.8 Å². The molecule has 0 spiro atoms. The van der Waals surface area contributed by atoms with Crippen LogP contribution in [0.1, 0.15) is 35.4 Å². The van der Waals surface area contributed by atoms with E-state index in [1.807, 2.05) is 0 Å². The van der Waals surface area contributed by atoms with Crippen LogP contribution in [0.2, 0.25) is 0 Å². The molecule has 4 nitrogen and oxygen atoms in total. The van der Waals surface area contributed by atoms with Gasteiger partial charge in [-0.2, -0.15) is 0 Å². The van der Waals surface area contributed by atoms with Gasteiger partial charge in [-0.3, -0.25) is 4.79 Å². The number of rotatable bonds is 3. The normalized spacial score (nSPS) is 53.3. The lowest BCUT2D eigenvalue weighted by atomic mass is 9.89. The number of nitrogens with zero attached hydrogens (tertiary/aromatic N) is 2. The molecule has 0 amide bonds. The molecule has 0 unspecified atom stereocenters. The first-order chi connectivity index (χ1) is 11.8. The van der Waals surface area contributed by atoms with E-state index in [1.54, 1.807) is 0 Å². The quantitative estimate of drug-likeness (QED) is 0.718. The van der Waals surface area contributed by atoms with Gasteiger partial charge in [0.1, 0.15) is 1.37 Å². The summed E-state index contributed by atoms with van der Waals surface area (Å²) >= 11 is 0. The van der Waals surface area contributed by atoms with E-state index in [2.05, 4.69) is 9.72 Å². The third-order valence-electron chi connectivity index (χ3n) is 1.83. The molecule has 2 rings (SSSR count). The lowest BCUT2D eigenvalue weighted by Gasteiger charge is -2.12. The van der Waals surface area contributed by atoms with Crippen molar-refractivity contribution in [1.29, 1.82) is 0 Å². The van der Waals surface area contributed by atoms with Crippen LogP contribution in [-0.4, -0.2) is 22.1 Å². The summed E-state index contributed by atoms with van der Waals surface area (Å²) in [4.78, 5) is 15.8. The molecular weight excluding hydrogens is 192 g/mol. The largest absolute Gasteiger partial charge is 0.465 e. The van der Waals surface area contributed by atoms with Gasteiger partial charge in [0.05, 0.1) is 21.5 Å². The summed E-state index contributed by atoms with van der Waals surface area (Å²) in [5, 5.41) is 0. The van der Waals surface area contributed by atoms with Crippen LogP contribution in [0.15, 0.2) is 12.5 Å². The van der Waals surface area contributed by atoms with Crippen LogP contribution < -0.4 is 0 Å². The highest BCUT2D eigenvalue weighted by molar-refractivity contribution is 5.74. The number of hydrogen-bond acceptors (Lipinski definition) is 3. The zero-order chi connectivity index (χ0) is 21.4. The van der Waals surface area contributed by atoms with E-state index in [9.17, 15) is 4.79 Å². The fourth-order valence-corrected chi connectivity index (χ4v) is 1.06. The number of imidazole rings is 1. The van der Waals surface area contributed by atoms with Crippen molar-refractivity contribution < 1.29 is 26.0 Å². The summed E-state index contributed by atoms with van der Waals surface area (Å²) in [5.74, 6) is -9.53. The molecule has 4 heteroatoms. The minimum absolute atomic E-state index is 0.488. The average molecular weight is 220 g/mol. The SMILES string of the molecule is [2H]c1ncc(C([2H])([2H])[C@@]2([2H])C([2H])([2H])OC(=O)[C@@]2([2H])C([2H])([2H])C([2H])([2H])[2H])n1C. The number of esters is 1. The topological polar surface area (TPSA) is 44.1 Å². The van der Waals surface area contributed by atoms with Crippen LogP contribution in [0, 0.1) is 11.8 Å². The monoisotopic (exact) mass is 220 g/mol. The van der Waals surface area contributed by atoms with Gasteiger partial charge >= 0.3 is 5.97 Å². The Hall–Kier alpha value is -1.32. The fourth-order valence-electron chi connectivity index (χ4n) is 1.06. The predicted molar refractivity (Wildman–Crippen MR) is 55.1 cm³/mol. The van der Waals surface area contributed by atoms with Crippen molar-refractivity contribution in [3.05, 3.63) is 18.2 Å². The molecule has 1 aromatic rings. The van der Waals surface area contributed by atoms with Crippen molar-refractivity contribution in [2.24, 2.45) is 18.8 Å². The molecule has 1 aliphatic heterocycles. The zero-order valence-electron chi connectivity index (χ0n) is 19.8. The third-order valence-corrected chi connectivity index (χ3v) is 1.83. The molecule has 1 aromatic heterocycles. The maximum absolute atomic E-state index is 12.3. The van der Waals surface area contributed by atoms with Gasteiger partial charge in [0.25, 0.3) is 0 Å². The van der Waals surface area contributed by atoms with Crippen molar-refractivity contribution in [2.75, 3.05) is 6.56 Å². The Kier molecular flexibility index (Phi) is 0.833. The first-order valence-corrected chi connectivity index (χ1v) is 4.03. The molecule has 1 aliphatic rings. The Bertz CT molecular complexity index is 787. The second-order valence-electron chi connectivity index (χ2n) is 2.79. The fraction of sp³-hybridized carbons (Fsp3) is 0.636. The van der Waals surface area contributed by atoms with Crippen molar-refractivity contribution in [1.82, 2.24) is 9.55 Å². The molecule has 1 saturated heterocycles. The molecule has 0 aromatic carbocycles. The Morgan fingerprint density at radius 2 is 2.93 bits per heavy atom. The highest BCUT2D eigenvalue weighted by Crippen LogP contribution is 2.27. The highest BCUT2D eigenvalue weighted by Gasteiger charge is 2.35. The van der Waals surface area contributed by atoms with Crippen molar-refractivity contribution in [2.45, 2.75) is 19.6 Å². The van der Waals surface area contributed by atoms with Crippen LogP contribution in [0.5, 0.6) is 0 Å². The van der Waals surface area contributed by atoms with Gasteiger partial charge in [-0.05, 0) is 12.7 Å². The molecule has 0 N–H and O–H groups in total. The number of carbonyl (C=O) groups is 1. The minimum atomic E-state index is -3.85. The first kappa shape index (κ1) is 3.09. The van der Waals surface area contributed by atoms with Crippen LogP contribution in [0.4, 0.5) is 0 Å². The van der Waals surface area contributed by atoms with Crippen molar-refractivity contribution >= 4 is 5.97 Å².